The molecule has 0 unspecified atom stereocenters. The molecule has 5 heteroatoms. The van der Waals surface area contributed by atoms with Crippen molar-refractivity contribution >= 4 is 12.0 Å². The fourth-order valence-electron chi connectivity index (χ4n) is 4.90. The average molecular weight is 570 g/mol. The number of hydrogen-bond acceptors (Lipinski definition) is 5. The summed E-state index contributed by atoms with van der Waals surface area (Å²) in [5.74, 6) is 0.784. The maximum absolute atomic E-state index is 12.1. The van der Waals surface area contributed by atoms with Crippen molar-refractivity contribution in [2.75, 3.05) is 19.8 Å². The van der Waals surface area contributed by atoms with Crippen LogP contribution in [0.15, 0.2) is 23.8 Å². The van der Waals surface area contributed by atoms with Gasteiger partial charge in [-0.1, -0.05) is 135 Å². The van der Waals surface area contributed by atoms with Crippen molar-refractivity contribution in [3.05, 3.63) is 29.3 Å². The molecule has 0 N–H and O–H groups in total. The first kappa shape index (κ1) is 36.5. The van der Waals surface area contributed by atoms with Crippen LogP contribution >= 0.6 is 0 Å². The second-order valence-electron chi connectivity index (χ2n) is 11.2. The molecule has 0 bridgehead atoms. The summed E-state index contributed by atoms with van der Waals surface area (Å²) in [5, 5.41) is 9.42. The van der Waals surface area contributed by atoms with Crippen molar-refractivity contribution in [2.24, 2.45) is 0 Å². The van der Waals surface area contributed by atoms with Crippen LogP contribution in [-0.4, -0.2) is 25.8 Å². The molecule has 0 aliphatic rings. The molecule has 5 nitrogen and oxygen atoms in total. The van der Waals surface area contributed by atoms with Crippen molar-refractivity contribution in [2.45, 2.75) is 149 Å². The van der Waals surface area contributed by atoms with Gasteiger partial charge < -0.3 is 14.2 Å². The van der Waals surface area contributed by atoms with Gasteiger partial charge in [-0.25, -0.2) is 4.79 Å². The largest absolute Gasteiger partial charge is 0.490 e. The number of hydrogen-bond donors (Lipinski definition) is 0. The standard InChI is InChI=1S/C36H59NO4/c1-4-7-9-11-13-15-17-19-21-23-27-40-34-26-25-32(29-33(31-37)36(38)39-6-3)30-35(34)41-28-24-22-20-18-16-14-12-10-8-5-2/h25-26,29-30H,4-24,27-28H2,1-3H3/b33-29+. The molecule has 0 spiro atoms. The Morgan fingerprint density at radius 3 is 1.54 bits per heavy atom. The second kappa shape index (κ2) is 26.4. The fourth-order valence-corrected chi connectivity index (χ4v) is 4.90. The van der Waals surface area contributed by atoms with E-state index in [1.807, 2.05) is 24.3 Å². The number of carbonyl (C=O) groups is 1. The highest BCUT2D eigenvalue weighted by Gasteiger charge is 2.12. The van der Waals surface area contributed by atoms with E-state index in [9.17, 15) is 10.1 Å². The van der Waals surface area contributed by atoms with Crippen molar-refractivity contribution in [3.8, 4) is 17.6 Å². The quantitative estimate of drug-likeness (QED) is 0.0456. The van der Waals surface area contributed by atoms with Crippen LogP contribution in [0.5, 0.6) is 11.5 Å². The van der Waals surface area contributed by atoms with Crippen molar-refractivity contribution in [1.29, 1.82) is 5.26 Å². The van der Waals surface area contributed by atoms with E-state index < -0.39 is 5.97 Å². The summed E-state index contributed by atoms with van der Waals surface area (Å²) >= 11 is 0. The number of ether oxygens (including phenoxy) is 3. The molecule has 232 valence electrons. The molecular formula is C36H59NO4. The summed E-state index contributed by atoms with van der Waals surface area (Å²) in [7, 11) is 0. The third-order valence-electron chi connectivity index (χ3n) is 7.41. The van der Waals surface area contributed by atoms with Crippen LogP contribution in [0.4, 0.5) is 0 Å². The number of nitrogens with zero attached hydrogens (tertiary/aromatic N) is 1. The molecule has 41 heavy (non-hydrogen) atoms. The van der Waals surface area contributed by atoms with Gasteiger partial charge in [-0.15, -0.1) is 0 Å². The monoisotopic (exact) mass is 569 g/mol. The number of rotatable bonds is 27. The minimum Gasteiger partial charge on any atom is -0.490 e. The van der Waals surface area contributed by atoms with Gasteiger partial charge in [-0.2, -0.15) is 5.26 Å². The van der Waals surface area contributed by atoms with Crippen LogP contribution < -0.4 is 9.47 Å². The average Bonchev–Trinajstić information content (AvgIpc) is 2.98. The molecule has 0 atom stereocenters. The Morgan fingerprint density at radius 1 is 0.659 bits per heavy atom. The maximum Gasteiger partial charge on any atom is 0.348 e. The summed E-state index contributed by atoms with van der Waals surface area (Å²) in [4.78, 5) is 12.1. The third kappa shape index (κ3) is 19.3. The van der Waals surface area contributed by atoms with E-state index in [1.165, 1.54) is 109 Å². The van der Waals surface area contributed by atoms with Crippen LogP contribution in [0, 0.1) is 11.3 Å². The van der Waals surface area contributed by atoms with E-state index in [0.29, 0.717) is 19.0 Å². The Hall–Kier alpha value is -2.48. The smallest absolute Gasteiger partial charge is 0.348 e. The first-order chi connectivity index (χ1) is 20.2. The summed E-state index contributed by atoms with van der Waals surface area (Å²) in [6.45, 7) is 7.77. The highest BCUT2D eigenvalue weighted by molar-refractivity contribution is 5.97. The molecule has 0 saturated carbocycles. The van der Waals surface area contributed by atoms with Crippen LogP contribution in [-0.2, 0) is 9.53 Å². The Balaban J connectivity index is 2.54. The van der Waals surface area contributed by atoms with Gasteiger partial charge in [0.1, 0.15) is 11.6 Å². The fraction of sp³-hybridized carbons (Fsp3) is 0.722. The van der Waals surface area contributed by atoms with E-state index in [2.05, 4.69) is 13.8 Å². The number of nitriles is 1. The Kier molecular flexibility index (Phi) is 23.6. The van der Waals surface area contributed by atoms with Gasteiger partial charge in [-0.3, -0.25) is 0 Å². The molecule has 1 rings (SSSR count). The number of benzene rings is 1. The Morgan fingerprint density at radius 2 is 1.10 bits per heavy atom. The lowest BCUT2D eigenvalue weighted by molar-refractivity contribution is -0.137. The number of esters is 1. The van der Waals surface area contributed by atoms with Crippen LogP contribution in [0.2, 0.25) is 0 Å². The third-order valence-corrected chi connectivity index (χ3v) is 7.41. The maximum atomic E-state index is 12.1. The summed E-state index contributed by atoms with van der Waals surface area (Å²) < 4.78 is 17.3. The minimum absolute atomic E-state index is 0.0217. The topological polar surface area (TPSA) is 68.5 Å². The predicted octanol–water partition coefficient (Wildman–Crippen LogP) is 10.8. The van der Waals surface area contributed by atoms with Gasteiger partial charge >= 0.3 is 5.97 Å². The lowest BCUT2D eigenvalue weighted by atomic mass is 10.1. The van der Waals surface area contributed by atoms with Gasteiger partial charge in [-0.05, 0) is 43.5 Å². The molecule has 0 aliphatic heterocycles. The molecule has 0 radical (unpaired) electrons. The molecule has 0 amide bonds. The normalized spacial score (nSPS) is 11.3. The van der Waals surface area contributed by atoms with Crippen LogP contribution in [0.1, 0.15) is 155 Å². The zero-order valence-electron chi connectivity index (χ0n) is 26.7. The highest BCUT2D eigenvalue weighted by Crippen LogP contribution is 2.30. The highest BCUT2D eigenvalue weighted by atomic mass is 16.5. The molecule has 0 heterocycles. The zero-order chi connectivity index (χ0) is 29.8. The van der Waals surface area contributed by atoms with Crippen molar-refractivity contribution in [1.82, 2.24) is 0 Å². The number of carbonyl (C=O) groups excluding carboxylic acids is 1. The molecule has 0 fully saturated rings. The predicted molar refractivity (Wildman–Crippen MR) is 171 cm³/mol. The lowest BCUT2D eigenvalue weighted by Gasteiger charge is -2.14. The molecule has 0 aromatic heterocycles. The lowest BCUT2D eigenvalue weighted by Crippen LogP contribution is -2.06. The van der Waals surface area contributed by atoms with Gasteiger partial charge in [0.25, 0.3) is 0 Å². The van der Waals surface area contributed by atoms with Crippen LogP contribution in [0.25, 0.3) is 6.08 Å². The zero-order valence-corrected chi connectivity index (χ0v) is 26.7. The summed E-state index contributed by atoms with van der Waals surface area (Å²) in [6, 6.07) is 7.56. The van der Waals surface area contributed by atoms with Crippen molar-refractivity contribution < 1.29 is 19.0 Å². The summed E-state index contributed by atoms with van der Waals surface area (Å²) in [5.41, 5.74) is 0.700. The molecule has 1 aromatic carbocycles. The molecule has 0 aliphatic carbocycles. The number of unbranched alkanes of at least 4 members (excludes halogenated alkanes) is 18. The van der Waals surface area contributed by atoms with E-state index in [0.717, 1.165) is 30.6 Å². The van der Waals surface area contributed by atoms with Crippen molar-refractivity contribution in [3.63, 3.8) is 0 Å². The molecule has 1 aromatic rings. The van der Waals surface area contributed by atoms with Crippen LogP contribution in [0.3, 0.4) is 0 Å². The van der Waals surface area contributed by atoms with Gasteiger partial charge in [0.15, 0.2) is 11.5 Å². The van der Waals surface area contributed by atoms with E-state index in [4.69, 9.17) is 14.2 Å². The van der Waals surface area contributed by atoms with Gasteiger partial charge in [0.05, 0.1) is 19.8 Å². The Bertz CT molecular complexity index is 858. The first-order valence-electron chi connectivity index (χ1n) is 16.8. The Labute approximate surface area is 252 Å². The van der Waals surface area contributed by atoms with E-state index in [-0.39, 0.29) is 12.2 Å². The van der Waals surface area contributed by atoms with E-state index >= 15 is 0 Å². The first-order valence-corrected chi connectivity index (χ1v) is 16.8. The molecule has 0 saturated heterocycles. The van der Waals surface area contributed by atoms with Gasteiger partial charge in [0, 0.05) is 0 Å². The SMILES string of the molecule is CCCCCCCCCCCCOc1ccc(/C=C(\C#N)C(=O)OCC)cc1OCCCCCCCCCCCC. The molecular weight excluding hydrogens is 510 g/mol. The minimum atomic E-state index is -0.607. The summed E-state index contributed by atoms with van der Waals surface area (Å²) in [6.07, 6.45) is 27.2. The van der Waals surface area contributed by atoms with E-state index in [1.54, 1.807) is 13.0 Å². The van der Waals surface area contributed by atoms with Gasteiger partial charge in [0.2, 0.25) is 0 Å². The second-order valence-corrected chi connectivity index (χ2v) is 11.2.